The molecule has 0 atom stereocenters. The van der Waals surface area contributed by atoms with Crippen molar-refractivity contribution in [3.63, 3.8) is 0 Å². The first-order valence-electron chi connectivity index (χ1n) is 4.81. The standard InChI is InChI=1S/C11H9F3O2/c12-11(13,14)6-16-8-3-1-7-2-4-10(15)9(7)5-8/h1,3,5H,2,4,6H2. The fourth-order valence-corrected chi connectivity index (χ4v) is 1.67. The molecule has 0 saturated carbocycles. The lowest BCUT2D eigenvalue weighted by Crippen LogP contribution is -2.19. The molecule has 5 heteroatoms. The zero-order valence-corrected chi connectivity index (χ0v) is 8.30. The molecule has 2 nitrogen and oxygen atoms in total. The molecular weight excluding hydrogens is 221 g/mol. The van der Waals surface area contributed by atoms with Crippen LogP contribution in [-0.2, 0) is 6.42 Å². The topological polar surface area (TPSA) is 26.3 Å². The van der Waals surface area contributed by atoms with Crippen LogP contribution < -0.4 is 4.74 Å². The first-order valence-corrected chi connectivity index (χ1v) is 4.81. The molecule has 0 heterocycles. The average Bonchev–Trinajstić information content (AvgIpc) is 2.56. The van der Waals surface area contributed by atoms with Crippen LogP contribution in [0.25, 0.3) is 0 Å². The van der Waals surface area contributed by atoms with Gasteiger partial charge in [0.05, 0.1) is 0 Å². The highest BCUT2D eigenvalue weighted by Gasteiger charge is 2.28. The summed E-state index contributed by atoms with van der Waals surface area (Å²) in [6.45, 7) is -1.33. The number of ketones is 1. The molecule has 0 unspecified atom stereocenters. The van der Waals surface area contributed by atoms with E-state index in [0.29, 0.717) is 18.4 Å². The molecule has 0 saturated heterocycles. The minimum Gasteiger partial charge on any atom is -0.484 e. The van der Waals surface area contributed by atoms with Gasteiger partial charge in [0.2, 0.25) is 0 Å². The van der Waals surface area contributed by atoms with Gasteiger partial charge in [-0.05, 0) is 24.1 Å². The van der Waals surface area contributed by atoms with Gasteiger partial charge in [-0.15, -0.1) is 0 Å². The van der Waals surface area contributed by atoms with E-state index in [1.165, 1.54) is 12.1 Å². The number of carbonyl (C=O) groups excluding carboxylic acids is 1. The Morgan fingerprint density at radius 2 is 2.00 bits per heavy atom. The summed E-state index contributed by atoms with van der Waals surface area (Å²) >= 11 is 0. The molecule has 1 aliphatic rings. The monoisotopic (exact) mass is 230 g/mol. The predicted octanol–water partition coefficient (Wildman–Crippen LogP) is 2.76. The third-order valence-electron chi connectivity index (χ3n) is 2.41. The van der Waals surface area contributed by atoms with E-state index in [2.05, 4.69) is 4.74 Å². The number of alkyl halides is 3. The Morgan fingerprint density at radius 1 is 1.25 bits per heavy atom. The van der Waals surface area contributed by atoms with E-state index in [1.807, 2.05) is 0 Å². The van der Waals surface area contributed by atoms with Crippen molar-refractivity contribution in [3.05, 3.63) is 29.3 Å². The number of hydrogen-bond donors (Lipinski definition) is 0. The summed E-state index contributed by atoms with van der Waals surface area (Å²) in [6, 6.07) is 4.49. The molecule has 0 spiro atoms. The smallest absolute Gasteiger partial charge is 0.422 e. The van der Waals surface area contributed by atoms with E-state index >= 15 is 0 Å². The molecule has 86 valence electrons. The zero-order chi connectivity index (χ0) is 11.8. The van der Waals surface area contributed by atoms with Crippen LogP contribution in [0.3, 0.4) is 0 Å². The Hall–Kier alpha value is -1.52. The number of fused-ring (bicyclic) bond motifs is 1. The van der Waals surface area contributed by atoms with Crippen molar-refractivity contribution in [2.75, 3.05) is 6.61 Å². The van der Waals surface area contributed by atoms with Gasteiger partial charge in [-0.1, -0.05) is 6.07 Å². The van der Waals surface area contributed by atoms with Crippen molar-refractivity contribution >= 4 is 5.78 Å². The molecule has 0 bridgehead atoms. The fourth-order valence-electron chi connectivity index (χ4n) is 1.67. The Labute approximate surface area is 90.0 Å². The van der Waals surface area contributed by atoms with E-state index in [0.717, 1.165) is 5.56 Å². The Kier molecular flexibility index (Phi) is 2.61. The van der Waals surface area contributed by atoms with Gasteiger partial charge in [0.1, 0.15) is 5.75 Å². The summed E-state index contributed by atoms with van der Waals surface area (Å²) < 4.78 is 40.3. The van der Waals surface area contributed by atoms with Gasteiger partial charge in [0.15, 0.2) is 12.4 Å². The normalized spacial score (nSPS) is 15.1. The van der Waals surface area contributed by atoms with Crippen LogP contribution in [0.1, 0.15) is 22.3 Å². The summed E-state index contributed by atoms with van der Waals surface area (Å²) in [4.78, 5) is 11.3. The predicted molar refractivity (Wildman–Crippen MR) is 50.6 cm³/mol. The molecule has 1 aromatic rings. The van der Waals surface area contributed by atoms with Crippen LogP contribution in [0.15, 0.2) is 18.2 Å². The molecule has 0 fully saturated rings. The molecule has 0 amide bonds. The Morgan fingerprint density at radius 3 is 2.69 bits per heavy atom. The van der Waals surface area contributed by atoms with Crippen molar-refractivity contribution in [1.29, 1.82) is 0 Å². The molecule has 1 aromatic carbocycles. The number of ether oxygens (including phenoxy) is 1. The number of Topliss-reactive ketones (excluding diaryl/α,β-unsaturated/α-hetero) is 1. The summed E-state index contributed by atoms with van der Waals surface area (Å²) in [5.74, 6) is 0.0544. The number of aryl methyl sites for hydroxylation is 1. The molecule has 1 aliphatic carbocycles. The van der Waals surface area contributed by atoms with Crippen LogP contribution in [0.2, 0.25) is 0 Å². The molecule has 0 radical (unpaired) electrons. The van der Waals surface area contributed by atoms with E-state index in [4.69, 9.17) is 0 Å². The lowest BCUT2D eigenvalue weighted by Gasteiger charge is -2.09. The third kappa shape index (κ3) is 2.35. The van der Waals surface area contributed by atoms with Crippen LogP contribution in [0, 0.1) is 0 Å². The van der Waals surface area contributed by atoms with Crippen LogP contribution in [0.5, 0.6) is 5.75 Å². The van der Waals surface area contributed by atoms with Crippen LogP contribution in [-0.4, -0.2) is 18.6 Å². The maximum absolute atomic E-state index is 11.9. The van der Waals surface area contributed by atoms with E-state index in [9.17, 15) is 18.0 Å². The third-order valence-corrected chi connectivity index (χ3v) is 2.41. The van der Waals surface area contributed by atoms with Gasteiger partial charge >= 0.3 is 6.18 Å². The minimum absolute atomic E-state index is 0.0348. The van der Waals surface area contributed by atoms with Crippen LogP contribution >= 0.6 is 0 Å². The highest BCUT2D eigenvalue weighted by atomic mass is 19.4. The van der Waals surface area contributed by atoms with Gasteiger partial charge in [0.25, 0.3) is 0 Å². The van der Waals surface area contributed by atoms with Gasteiger partial charge in [0, 0.05) is 12.0 Å². The average molecular weight is 230 g/mol. The fraction of sp³-hybridized carbons (Fsp3) is 0.364. The van der Waals surface area contributed by atoms with Gasteiger partial charge in [-0.2, -0.15) is 13.2 Å². The largest absolute Gasteiger partial charge is 0.484 e. The van der Waals surface area contributed by atoms with Gasteiger partial charge in [-0.25, -0.2) is 0 Å². The molecular formula is C11H9F3O2. The first kappa shape index (κ1) is 11.0. The second-order valence-electron chi connectivity index (χ2n) is 3.65. The van der Waals surface area contributed by atoms with E-state index in [1.54, 1.807) is 6.07 Å². The lowest BCUT2D eigenvalue weighted by atomic mass is 10.1. The van der Waals surface area contributed by atoms with Crippen molar-refractivity contribution in [1.82, 2.24) is 0 Å². The van der Waals surface area contributed by atoms with Crippen molar-refractivity contribution in [2.45, 2.75) is 19.0 Å². The zero-order valence-electron chi connectivity index (χ0n) is 8.30. The van der Waals surface area contributed by atoms with Crippen LogP contribution in [0.4, 0.5) is 13.2 Å². The lowest BCUT2D eigenvalue weighted by molar-refractivity contribution is -0.153. The Bertz CT molecular complexity index is 424. The van der Waals surface area contributed by atoms with Crippen molar-refractivity contribution < 1.29 is 22.7 Å². The van der Waals surface area contributed by atoms with Crippen molar-refractivity contribution in [3.8, 4) is 5.75 Å². The highest BCUT2D eigenvalue weighted by molar-refractivity contribution is 6.00. The van der Waals surface area contributed by atoms with Gasteiger partial charge < -0.3 is 4.74 Å². The summed E-state index contributed by atoms with van der Waals surface area (Å²) in [5.41, 5.74) is 1.36. The SMILES string of the molecule is O=C1CCc2ccc(OCC(F)(F)F)cc21. The summed E-state index contributed by atoms with van der Waals surface area (Å²) in [7, 11) is 0. The highest BCUT2D eigenvalue weighted by Crippen LogP contribution is 2.27. The van der Waals surface area contributed by atoms with Crippen molar-refractivity contribution in [2.24, 2.45) is 0 Å². The maximum Gasteiger partial charge on any atom is 0.422 e. The van der Waals surface area contributed by atoms with Gasteiger partial charge in [-0.3, -0.25) is 4.79 Å². The number of halogens is 3. The molecule has 0 N–H and O–H groups in total. The first-order chi connectivity index (χ1) is 7.46. The molecule has 0 aromatic heterocycles. The quantitative estimate of drug-likeness (QED) is 0.780. The van der Waals surface area contributed by atoms with E-state index in [-0.39, 0.29) is 11.5 Å². The Balaban J connectivity index is 2.13. The molecule has 16 heavy (non-hydrogen) atoms. The summed E-state index contributed by atoms with van der Waals surface area (Å²) in [6.07, 6.45) is -3.27. The number of rotatable bonds is 2. The second kappa shape index (κ2) is 3.81. The number of hydrogen-bond acceptors (Lipinski definition) is 2. The maximum atomic E-state index is 11.9. The second-order valence-corrected chi connectivity index (χ2v) is 3.65. The number of benzene rings is 1. The molecule has 2 rings (SSSR count). The minimum atomic E-state index is -4.36. The number of carbonyl (C=O) groups is 1. The summed E-state index contributed by atoms with van der Waals surface area (Å²) in [5, 5.41) is 0. The molecule has 0 aliphatic heterocycles. The van der Waals surface area contributed by atoms with E-state index < -0.39 is 12.8 Å².